The van der Waals surface area contributed by atoms with Crippen LogP contribution in [0.15, 0.2) is 21.9 Å². The Balaban J connectivity index is 1.66. The Morgan fingerprint density at radius 3 is 2.27 bits per heavy atom. The summed E-state index contributed by atoms with van der Waals surface area (Å²) in [5, 5.41) is 65.1. The number of alkyl carbamates (subject to hydrolysis) is 1. The van der Waals surface area contributed by atoms with E-state index in [0.29, 0.717) is 0 Å². The van der Waals surface area contributed by atoms with Gasteiger partial charge in [0.05, 0.1) is 19.8 Å². The zero-order valence-corrected chi connectivity index (χ0v) is 29.0. The molecular weight excluding hydrogens is 738 g/mol. The highest BCUT2D eigenvalue weighted by molar-refractivity contribution is 7.62. The first-order valence-electron chi connectivity index (χ1n) is 15.2. The van der Waals surface area contributed by atoms with Gasteiger partial charge in [-0.2, -0.15) is 4.31 Å². The highest BCUT2D eigenvalue weighted by atomic mass is 31.3. The van der Waals surface area contributed by atoms with Crippen molar-refractivity contribution < 1.29 is 86.0 Å². The number of carbonyl (C=O) groups is 2. The van der Waals surface area contributed by atoms with Gasteiger partial charge in [0.2, 0.25) is 5.91 Å². The zero-order valence-electron chi connectivity index (χ0n) is 27.2. The molecule has 2 fully saturated rings. The molecule has 51 heavy (non-hydrogen) atoms. The molecule has 1 aromatic heterocycles. The molecule has 0 radical (unpaired) electrons. The van der Waals surface area contributed by atoms with Gasteiger partial charge < -0.3 is 55.5 Å². The van der Waals surface area contributed by atoms with Crippen molar-refractivity contribution in [2.75, 3.05) is 47.2 Å². The van der Waals surface area contributed by atoms with Gasteiger partial charge in [0.15, 0.2) is 12.5 Å². The molecule has 0 saturated carbocycles. The number of aliphatic hydroxyl groups excluding tert-OH is 6. The Labute approximate surface area is 288 Å². The molecule has 2 aliphatic heterocycles. The predicted octanol–water partition coefficient (Wildman–Crippen LogP) is -3.47. The average Bonchev–Trinajstić information content (AvgIpc) is 3.37. The third-order valence-electron chi connectivity index (χ3n) is 7.33. The van der Waals surface area contributed by atoms with Crippen molar-refractivity contribution in [3.05, 3.63) is 33.1 Å². The second-order valence-electron chi connectivity index (χ2n) is 10.8. The maximum atomic E-state index is 13.6. The molecule has 1 aromatic rings. The Morgan fingerprint density at radius 1 is 0.961 bits per heavy atom. The number of amides is 2. The minimum Gasteiger partial charge on any atom is -0.449 e. The second-order valence-corrected chi connectivity index (χ2v) is 14.5. The van der Waals surface area contributed by atoms with Crippen molar-refractivity contribution in [2.45, 2.75) is 74.4 Å². The van der Waals surface area contributed by atoms with Crippen molar-refractivity contribution in [1.29, 1.82) is 0 Å². The minimum atomic E-state index is -5.15. The molecule has 9 N–H and O–H groups in total. The summed E-state index contributed by atoms with van der Waals surface area (Å²) < 4.78 is 68.3. The Hall–Kier alpha value is -2.64. The van der Waals surface area contributed by atoms with Crippen LogP contribution in [0.5, 0.6) is 0 Å². The summed E-state index contributed by atoms with van der Waals surface area (Å²) >= 11 is 0. The lowest BCUT2D eigenvalue weighted by Gasteiger charge is -2.42. The minimum absolute atomic E-state index is 0.0164. The number of aromatic nitrogens is 2. The molecule has 3 rings (SSSR count). The molecule has 2 amide bonds. The summed E-state index contributed by atoms with van der Waals surface area (Å²) in [6.07, 6.45) is -13.5. The van der Waals surface area contributed by atoms with Crippen LogP contribution in [0.3, 0.4) is 0 Å². The number of carbonyl (C=O) groups excluding carboxylic acids is 2. The lowest BCUT2D eigenvalue weighted by Crippen LogP contribution is -2.64. The number of aromatic amines is 1. The van der Waals surface area contributed by atoms with Gasteiger partial charge in [-0.15, -0.1) is 0 Å². The molecule has 0 aromatic carbocycles. The topological polar surface area (TPSA) is 342 Å². The van der Waals surface area contributed by atoms with Crippen molar-refractivity contribution in [3.8, 4) is 0 Å². The fourth-order valence-electron chi connectivity index (χ4n) is 4.65. The van der Waals surface area contributed by atoms with Gasteiger partial charge in [0.1, 0.15) is 42.7 Å². The number of aliphatic hydroxyl groups is 6. The molecule has 2 aliphatic rings. The number of H-pyrrole nitrogens is 1. The standard InChI is InChI=1S/C25H42N4O20P2/c1-42-50(40,45-12-14-19(35)21(37)22(46-14)29-8-6-16(33)28-24(29)38)49-51(41,43-2)48-23-17(20(36)18(34)13(11-31)47-23)27-15(32)5-3-7-26-25(39)44-10-4-9-30/h6,8,13-14,17-23,30-31,34-37H,3-5,7,9-12H2,1-2H3,(H,26,39)(H,27,32)(H,28,33,38)/t13?,14?,17?,18-,19?,20-,21?,22?,23-,50?,51?/m1/s1. The molecule has 8 unspecified atom stereocenters. The number of hydrogen-bond acceptors (Lipinski definition) is 20. The molecule has 3 heterocycles. The van der Waals surface area contributed by atoms with Gasteiger partial charge in [-0.1, -0.05) is 0 Å². The quantitative estimate of drug-likeness (QED) is 0.0486. The summed E-state index contributed by atoms with van der Waals surface area (Å²) in [7, 11) is -8.58. The average molecular weight is 781 g/mol. The van der Waals surface area contributed by atoms with Crippen LogP contribution in [-0.2, 0) is 50.5 Å². The zero-order chi connectivity index (χ0) is 37.9. The van der Waals surface area contributed by atoms with Crippen LogP contribution in [0.1, 0.15) is 25.5 Å². The van der Waals surface area contributed by atoms with Crippen molar-refractivity contribution >= 4 is 27.6 Å². The maximum Gasteiger partial charge on any atom is 0.485 e. The van der Waals surface area contributed by atoms with E-state index in [2.05, 4.69) is 10.6 Å². The Bertz CT molecular complexity index is 1510. The van der Waals surface area contributed by atoms with Crippen LogP contribution in [-0.4, -0.2) is 148 Å². The number of ether oxygens (including phenoxy) is 3. The normalized spacial score (nSPS) is 30.2. The number of nitrogens with one attached hydrogen (secondary N) is 3. The Kier molecular flexibility index (Phi) is 16.3. The molecule has 26 heteroatoms. The van der Waals surface area contributed by atoms with Crippen molar-refractivity contribution in [2.24, 2.45) is 0 Å². The third kappa shape index (κ3) is 11.7. The second kappa shape index (κ2) is 19.4. The van der Waals surface area contributed by atoms with E-state index in [1.54, 1.807) is 0 Å². The largest absolute Gasteiger partial charge is 0.485 e. The molecule has 292 valence electrons. The summed E-state index contributed by atoms with van der Waals surface area (Å²) in [5.74, 6) is -0.778. The number of hydrogen-bond donors (Lipinski definition) is 9. The van der Waals surface area contributed by atoms with E-state index in [0.717, 1.165) is 31.0 Å². The summed E-state index contributed by atoms with van der Waals surface area (Å²) in [6, 6.07) is -0.752. The molecule has 0 spiro atoms. The summed E-state index contributed by atoms with van der Waals surface area (Å²) in [6.45, 7) is -1.98. The van der Waals surface area contributed by atoms with Crippen LogP contribution in [0.4, 0.5) is 4.79 Å². The van der Waals surface area contributed by atoms with Gasteiger partial charge in [0.25, 0.3) is 5.56 Å². The number of rotatable bonds is 19. The monoisotopic (exact) mass is 780 g/mol. The van der Waals surface area contributed by atoms with Gasteiger partial charge in [0, 0.05) is 52.5 Å². The van der Waals surface area contributed by atoms with Crippen LogP contribution in [0.2, 0.25) is 0 Å². The first kappa shape index (κ1) is 42.8. The third-order valence-corrected chi connectivity index (χ3v) is 10.8. The Morgan fingerprint density at radius 2 is 1.65 bits per heavy atom. The lowest BCUT2D eigenvalue weighted by molar-refractivity contribution is -0.248. The molecule has 24 nitrogen and oxygen atoms in total. The van der Waals surface area contributed by atoms with E-state index in [1.807, 2.05) is 4.98 Å². The number of phosphoric ester groups is 2. The predicted molar refractivity (Wildman–Crippen MR) is 165 cm³/mol. The SMILES string of the molecule is COP(=O)(OCC1OC(n2ccc(=O)[nH]c2=O)C(O)C1O)OP(=O)(OC)O[C@H]1OC(CO)[C@@H](O)[C@H](O)C1NC(=O)CCCNC(=O)OCCCO. The number of phosphoric acid groups is 2. The summed E-state index contributed by atoms with van der Waals surface area (Å²) in [5.41, 5.74) is -1.72. The smallest absolute Gasteiger partial charge is 0.449 e. The maximum absolute atomic E-state index is 13.6. The molecule has 2 saturated heterocycles. The van der Waals surface area contributed by atoms with Gasteiger partial charge in [-0.25, -0.2) is 18.7 Å². The lowest BCUT2D eigenvalue weighted by atomic mass is 9.97. The van der Waals surface area contributed by atoms with Crippen LogP contribution in [0, 0.1) is 0 Å². The van der Waals surface area contributed by atoms with Crippen LogP contribution >= 0.6 is 15.6 Å². The van der Waals surface area contributed by atoms with Crippen molar-refractivity contribution in [1.82, 2.24) is 20.2 Å². The van der Waals surface area contributed by atoms with Crippen LogP contribution < -0.4 is 21.9 Å². The van der Waals surface area contributed by atoms with Crippen molar-refractivity contribution in [3.63, 3.8) is 0 Å². The van der Waals surface area contributed by atoms with E-state index in [-0.39, 0.29) is 39.0 Å². The van der Waals surface area contributed by atoms with Gasteiger partial charge in [-0.3, -0.25) is 37.2 Å². The van der Waals surface area contributed by atoms with Crippen LogP contribution in [0.25, 0.3) is 0 Å². The molecule has 0 bridgehead atoms. The van der Waals surface area contributed by atoms with E-state index < -0.39 is 107 Å². The highest BCUT2D eigenvalue weighted by Gasteiger charge is 2.51. The van der Waals surface area contributed by atoms with Gasteiger partial charge >= 0.3 is 27.4 Å². The first-order valence-corrected chi connectivity index (χ1v) is 18.1. The molecule has 11 atom stereocenters. The fourth-order valence-corrected chi connectivity index (χ4v) is 7.46. The van der Waals surface area contributed by atoms with E-state index in [4.69, 9.17) is 41.7 Å². The van der Waals surface area contributed by atoms with E-state index in [9.17, 15) is 53.8 Å². The van der Waals surface area contributed by atoms with E-state index in [1.165, 1.54) is 0 Å². The highest BCUT2D eigenvalue weighted by Crippen LogP contribution is 2.66. The first-order chi connectivity index (χ1) is 24.1. The number of nitrogens with zero attached hydrogens (tertiary/aromatic N) is 1. The molecule has 0 aliphatic carbocycles. The summed E-state index contributed by atoms with van der Waals surface area (Å²) in [4.78, 5) is 49.8. The van der Waals surface area contributed by atoms with Gasteiger partial charge in [-0.05, 0) is 6.42 Å². The van der Waals surface area contributed by atoms with E-state index >= 15 is 0 Å². The molecular formula is C25H42N4O20P2. The fraction of sp³-hybridized carbons (Fsp3) is 0.760.